The molecule has 0 saturated heterocycles. The van der Waals surface area contributed by atoms with Crippen LogP contribution in [-0.4, -0.2) is 16.9 Å². The lowest BCUT2D eigenvalue weighted by molar-refractivity contribution is -0.115. The van der Waals surface area contributed by atoms with Gasteiger partial charge in [0.1, 0.15) is 5.58 Å². The minimum atomic E-state index is -0.360. The number of amides is 2. The van der Waals surface area contributed by atoms with Gasteiger partial charge in [-0.25, -0.2) is 0 Å². The van der Waals surface area contributed by atoms with E-state index in [0.29, 0.717) is 22.9 Å². The zero-order valence-electron chi connectivity index (χ0n) is 19.4. The number of fused-ring (bicyclic) bond motifs is 1. The molecule has 0 fully saturated rings. The number of nitrogens with one attached hydrogen (secondary N) is 3. The van der Waals surface area contributed by atoms with E-state index in [0.717, 1.165) is 10.9 Å². The molecule has 0 radical (unpaired) electrons. The van der Waals surface area contributed by atoms with Gasteiger partial charge in [0.15, 0.2) is 10.9 Å². The molecule has 0 saturated carbocycles. The van der Waals surface area contributed by atoms with Crippen molar-refractivity contribution in [3.8, 4) is 0 Å². The topological polar surface area (TPSA) is 83.4 Å². The molecule has 35 heavy (non-hydrogen) atoms. The van der Waals surface area contributed by atoms with Crippen LogP contribution in [0.2, 0.25) is 0 Å². The van der Waals surface area contributed by atoms with E-state index in [1.165, 1.54) is 11.6 Å². The summed E-state index contributed by atoms with van der Waals surface area (Å²) in [5.74, 6) is -0.0274. The SMILES string of the molecule is CC(C)c1ccc(/C=C/C(=O)NC(=S)Nc2cccc(NC(=O)c3cc4ccccc4o3)c2)cc1. The molecule has 0 unspecified atom stereocenters. The lowest BCUT2D eigenvalue weighted by Crippen LogP contribution is -2.32. The molecular weight excluding hydrogens is 458 g/mol. The van der Waals surface area contributed by atoms with Gasteiger partial charge < -0.3 is 15.1 Å². The van der Waals surface area contributed by atoms with Crippen LogP contribution in [0.4, 0.5) is 11.4 Å². The first-order chi connectivity index (χ1) is 16.9. The summed E-state index contributed by atoms with van der Waals surface area (Å²) in [6, 6.07) is 24.2. The van der Waals surface area contributed by atoms with Crippen molar-refractivity contribution in [2.24, 2.45) is 0 Å². The predicted octanol–water partition coefficient (Wildman–Crippen LogP) is 6.33. The Kier molecular flexibility index (Phi) is 7.38. The van der Waals surface area contributed by atoms with E-state index in [4.69, 9.17) is 16.6 Å². The second-order valence-electron chi connectivity index (χ2n) is 8.28. The van der Waals surface area contributed by atoms with Crippen molar-refractivity contribution in [2.75, 3.05) is 10.6 Å². The average molecular weight is 484 g/mol. The molecule has 7 heteroatoms. The molecule has 1 heterocycles. The number of furan rings is 1. The highest BCUT2D eigenvalue weighted by Crippen LogP contribution is 2.21. The minimum Gasteiger partial charge on any atom is -0.451 e. The third-order valence-corrected chi connectivity index (χ3v) is 5.50. The van der Waals surface area contributed by atoms with Crippen molar-refractivity contribution < 1.29 is 14.0 Å². The summed E-state index contributed by atoms with van der Waals surface area (Å²) in [7, 11) is 0. The van der Waals surface area contributed by atoms with E-state index in [2.05, 4.69) is 41.9 Å². The van der Waals surface area contributed by atoms with Crippen molar-refractivity contribution in [2.45, 2.75) is 19.8 Å². The van der Waals surface area contributed by atoms with Crippen LogP contribution in [0.5, 0.6) is 0 Å². The van der Waals surface area contributed by atoms with E-state index in [9.17, 15) is 9.59 Å². The van der Waals surface area contributed by atoms with E-state index >= 15 is 0 Å². The van der Waals surface area contributed by atoms with Gasteiger partial charge in [-0.2, -0.15) is 0 Å². The highest BCUT2D eigenvalue weighted by molar-refractivity contribution is 7.80. The van der Waals surface area contributed by atoms with Crippen LogP contribution in [0.15, 0.2) is 89.4 Å². The predicted molar refractivity (Wildman–Crippen MR) is 145 cm³/mol. The smallest absolute Gasteiger partial charge is 0.291 e. The summed E-state index contributed by atoms with van der Waals surface area (Å²) < 4.78 is 5.61. The Morgan fingerprint density at radius 2 is 1.60 bits per heavy atom. The fraction of sp³-hybridized carbons (Fsp3) is 0.107. The van der Waals surface area contributed by atoms with Crippen LogP contribution < -0.4 is 16.0 Å². The molecule has 176 valence electrons. The van der Waals surface area contributed by atoms with Crippen LogP contribution in [0.25, 0.3) is 17.0 Å². The van der Waals surface area contributed by atoms with Crippen molar-refractivity contribution in [3.63, 3.8) is 0 Å². The van der Waals surface area contributed by atoms with Gasteiger partial charge >= 0.3 is 0 Å². The van der Waals surface area contributed by atoms with E-state index in [1.807, 2.05) is 36.4 Å². The van der Waals surface area contributed by atoms with Crippen molar-refractivity contribution in [1.29, 1.82) is 0 Å². The lowest BCUT2D eigenvalue weighted by Gasteiger charge is -2.10. The van der Waals surface area contributed by atoms with Crippen LogP contribution in [-0.2, 0) is 4.79 Å². The third-order valence-electron chi connectivity index (χ3n) is 5.29. The lowest BCUT2D eigenvalue weighted by atomic mass is 10.0. The molecular formula is C28H25N3O3S. The quantitative estimate of drug-likeness (QED) is 0.220. The summed E-state index contributed by atoms with van der Waals surface area (Å²) >= 11 is 5.25. The summed E-state index contributed by atoms with van der Waals surface area (Å²) in [5, 5.41) is 9.39. The maximum Gasteiger partial charge on any atom is 0.291 e. The Hall–Kier alpha value is -4.23. The normalized spacial score (nSPS) is 11.1. The molecule has 6 nitrogen and oxygen atoms in total. The molecule has 0 spiro atoms. The van der Waals surface area contributed by atoms with Gasteiger partial charge in [0.05, 0.1) is 0 Å². The molecule has 4 rings (SSSR count). The zero-order valence-corrected chi connectivity index (χ0v) is 20.2. The molecule has 0 aliphatic carbocycles. The van der Waals surface area contributed by atoms with Gasteiger partial charge in [0.2, 0.25) is 5.91 Å². The van der Waals surface area contributed by atoms with Gasteiger partial charge in [-0.3, -0.25) is 14.9 Å². The van der Waals surface area contributed by atoms with Gasteiger partial charge in [0, 0.05) is 22.8 Å². The largest absolute Gasteiger partial charge is 0.451 e. The second-order valence-corrected chi connectivity index (χ2v) is 8.69. The van der Waals surface area contributed by atoms with Crippen LogP contribution in [0.1, 0.15) is 41.4 Å². The highest BCUT2D eigenvalue weighted by atomic mass is 32.1. The Morgan fingerprint density at radius 1 is 0.886 bits per heavy atom. The van der Waals surface area contributed by atoms with Crippen molar-refractivity contribution >= 4 is 57.6 Å². The maximum absolute atomic E-state index is 12.6. The monoisotopic (exact) mass is 483 g/mol. The Balaban J connectivity index is 1.32. The molecule has 0 aliphatic heterocycles. The number of para-hydroxylation sites is 1. The molecule has 4 aromatic rings. The van der Waals surface area contributed by atoms with Crippen LogP contribution >= 0.6 is 12.2 Å². The fourth-order valence-electron chi connectivity index (χ4n) is 3.44. The summed E-state index contributed by atoms with van der Waals surface area (Å²) in [5.41, 5.74) is 3.99. The van der Waals surface area contributed by atoms with E-state index in [1.54, 1.807) is 36.4 Å². The van der Waals surface area contributed by atoms with Gasteiger partial charge in [-0.15, -0.1) is 0 Å². The number of thiocarbonyl (C=S) groups is 1. The summed E-state index contributed by atoms with van der Waals surface area (Å²) in [4.78, 5) is 24.8. The maximum atomic E-state index is 12.6. The minimum absolute atomic E-state index is 0.149. The van der Waals surface area contributed by atoms with Gasteiger partial charge in [-0.1, -0.05) is 62.4 Å². The first kappa shape index (κ1) is 23.9. The molecule has 0 bridgehead atoms. The molecule has 3 aromatic carbocycles. The number of benzene rings is 3. The third kappa shape index (κ3) is 6.43. The number of hydrogen-bond donors (Lipinski definition) is 3. The standard InChI is InChI=1S/C28H25N3O3S/c1-18(2)20-13-10-19(11-14-20)12-15-26(32)31-28(35)30-23-8-5-7-22(17-23)29-27(33)25-16-21-6-3-4-9-24(21)34-25/h3-18H,1-2H3,(H,29,33)(H2,30,31,32,35)/b15-12+. The number of rotatable bonds is 6. The number of carbonyl (C=O) groups is 2. The average Bonchev–Trinajstić information content (AvgIpc) is 3.28. The van der Waals surface area contributed by atoms with Gasteiger partial charge in [0.25, 0.3) is 5.91 Å². The number of hydrogen-bond acceptors (Lipinski definition) is 4. The zero-order chi connectivity index (χ0) is 24.8. The molecule has 1 aromatic heterocycles. The van der Waals surface area contributed by atoms with Crippen LogP contribution in [0, 0.1) is 0 Å². The molecule has 2 amide bonds. The molecule has 0 aliphatic rings. The van der Waals surface area contributed by atoms with Crippen molar-refractivity contribution in [1.82, 2.24) is 5.32 Å². The number of carbonyl (C=O) groups excluding carboxylic acids is 2. The van der Waals surface area contributed by atoms with Gasteiger partial charge in [-0.05, 0) is 65.7 Å². The molecule has 0 atom stereocenters. The van der Waals surface area contributed by atoms with E-state index < -0.39 is 0 Å². The highest BCUT2D eigenvalue weighted by Gasteiger charge is 2.12. The fourth-order valence-corrected chi connectivity index (χ4v) is 3.66. The summed E-state index contributed by atoms with van der Waals surface area (Å²) in [6.45, 7) is 4.27. The Labute approximate surface area is 209 Å². The number of anilines is 2. The van der Waals surface area contributed by atoms with E-state index in [-0.39, 0.29) is 22.7 Å². The summed E-state index contributed by atoms with van der Waals surface area (Å²) in [6.07, 6.45) is 3.17. The van der Waals surface area contributed by atoms with Crippen molar-refractivity contribution in [3.05, 3.63) is 102 Å². The first-order valence-electron chi connectivity index (χ1n) is 11.2. The van der Waals surface area contributed by atoms with Crippen LogP contribution in [0.3, 0.4) is 0 Å². The second kappa shape index (κ2) is 10.8. The Bertz CT molecular complexity index is 1370. The molecule has 3 N–H and O–H groups in total. The Morgan fingerprint density at radius 3 is 2.31 bits per heavy atom. The first-order valence-corrected chi connectivity index (χ1v) is 11.6.